The number of hydrogen-bond donors (Lipinski definition) is 2. The van der Waals surface area contributed by atoms with Crippen LogP contribution in [0.15, 0.2) is 24.3 Å². The third-order valence-corrected chi connectivity index (χ3v) is 1.72. The van der Waals surface area contributed by atoms with Crippen molar-refractivity contribution < 1.29 is 5.11 Å². The third-order valence-electron chi connectivity index (χ3n) is 1.72. The van der Waals surface area contributed by atoms with Gasteiger partial charge in [-0.15, -0.1) is 0 Å². The molecule has 0 atom stereocenters. The average Bonchev–Trinajstić information content (AvgIpc) is 2.20. The fraction of sp³-hybridized carbons (Fsp3) is 0.500. The maximum Gasteiger partial charge on any atom is 0.0471 e. The van der Waals surface area contributed by atoms with Gasteiger partial charge in [0, 0.05) is 13.2 Å². The number of rotatable bonds is 3. The van der Waals surface area contributed by atoms with Crippen LogP contribution < -0.4 is 5.73 Å². The number of benzene rings is 1. The van der Waals surface area contributed by atoms with E-state index in [1.165, 1.54) is 6.42 Å². The van der Waals surface area contributed by atoms with Crippen molar-refractivity contribution in [1.29, 1.82) is 0 Å². The summed E-state index contributed by atoms with van der Waals surface area (Å²) in [5.74, 6) is 0. The van der Waals surface area contributed by atoms with E-state index in [-0.39, 0.29) is 6.61 Å². The van der Waals surface area contributed by atoms with Crippen LogP contribution in [-0.4, -0.2) is 11.7 Å². The lowest BCUT2D eigenvalue weighted by atomic mass is 10.1. The van der Waals surface area contributed by atoms with Gasteiger partial charge in [-0.05, 0) is 17.5 Å². The number of nitrogens with two attached hydrogens (primary N) is 1. The van der Waals surface area contributed by atoms with Crippen molar-refractivity contribution in [3.8, 4) is 0 Å². The lowest BCUT2D eigenvalue weighted by Gasteiger charge is -2.04. The van der Waals surface area contributed by atoms with Gasteiger partial charge >= 0.3 is 0 Å². The molecule has 1 aromatic carbocycles. The molecule has 2 nitrogen and oxygen atoms in total. The highest BCUT2D eigenvalue weighted by molar-refractivity contribution is 5.26. The van der Waals surface area contributed by atoms with Crippen molar-refractivity contribution >= 4 is 0 Å². The van der Waals surface area contributed by atoms with Gasteiger partial charge in [0.15, 0.2) is 0 Å². The van der Waals surface area contributed by atoms with Crippen molar-refractivity contribution in [2.24, 2.45) is 5.73 Å². The SMILES string of the molecule is CCC.NCc1ccccc1CCO. The molecule has 0 spiro atoms. The molecule has 80 valence electrons. The first-order chi connectivity index (χ1) is 6.79. The first-order valence-electron chi connectivity index (χ1n) is 5.17. The highest BCUT2D eigenvalue weighted by atomic mass is 16.2. The highest BCUT2D eigenvalue weighted by Gasteiger charge is 1.96. The quantitative estimate of drug-likeness (QED) is 0.776. The summed E-state index contributed by atoms with van der Waals surface area (Å²) in [6, 6.07) is 7.91. The van der Waals surface area contributed by atoms with Gasteiger partial charge in [0.2, 0.25) is 0 Å². The lowest BCUT2D eigenvalue weighted by Crippen LogP contribution is -2.02. The summed E-state index contributed by atoms with van der Waals surface area (Å²) in [5.41, 5.74) is 7.78. The molecule has 0 aliphatic rings. The van der Waals surface area contributed by atoms with Crippen LogP contribution in [0.1, 0.15) is 31.4 Å². The molecule has 0 radical (unpaired) electrons. The molecule has 0 bridgehead atoms. The van der Waals surface area contributed by atoms with Crippen LogP contribution in [0.25, 0.3) is 0 Å². The molecule has 3 N–H and O–H groups in total. The second-order valence-electron chi connectivity index (χ2n) is 3.15. The van der Waals surface area contributed by atoms with Gasteiger partial charge in [-0.1, -0.05) is 44.5 Å². The van der Waals surface area contributed by atoms with Gasteiger partial charge in [-0.3, -0.25) is 0 Å². The van der Waals surface area contributed by atoms with Gasteiger partial charge in [-0.2, -0.15) is 0 Å². The zero-order valence-corrected chi connectivity index (χ0v) is 9.16. The fourth-order valence-corrected chi connectivity index (χ4v) is 1.12. The van der Waals surface area contributed by atoms with Crippen molar-refractivity contribution in [3.63, 3.8) is 0 Å². The minimum absolute atomic E-state index is 0.191. The zero-order valence-electron chi connectivity index (χ0n) is 9.16. The Morgan fingerprint density at radius 3 is 2.07 bits per heavy atom. The van der Waals surface area contributed by atoms with Crippen LogP contribution in [0.3, 0.4) is 0 Å². The molecule has 14 heavy (non-hydrogen) atoms. The highest BCUT2D eigenvalue weighted by Crippen LogP contribution is 2.07. The second kappa shape index (κ2) is 8.73. The standard InChI is InChI=1S/C9H13NO.C3H8/c10-7-9-4-2-1-3-8(9)5-6-11;1-3-2/h1-4,11H,5-7,10H2;3H2,1-2H3. The maximum atomic E-state index is 8.70. The Kier molecular flexibility index (Phi) is 8.19. The topological polar surface area (TPSA) is 46.2 Å². The Balaban J connectivity index is 0.000000500. The Labute approximate surface area is 86.8 Å². The summed E-state index contributed by atoms with van der Waals surface area (Å²) in [6.45, 7) is 4.99. The third kappa shape index (κ3) is 5.00. The molecular weight excluding hydrogens is 174 g/mol. The van der Waals surface area contributed by atoms with Crippen LogP contribution in [-0.2, 0) is 13.0 Å². The largest absolute Gasteiger partial charge is 0.396 e. The molecule has 1 aromatic rings. The van der Waals surface area contributed by atoms with Gasteiger partial charge in [-0.25, -0.2) is 0 Å². The van der Waals surface area contributed by atoms with Gasteiger partial charge in [0.1, 0.15) is 0 Å². The minimum atomic E-state index is 0.191. The Hall–Kier alpha value is -0.860. The molecule has 0 aliphatic heterocycles. The van der Waals surface area contributed by atoms with Gasteiger partial charge in [0.05, 0.1) is 0 Å². The van der Waals surface area contributed by atoms with E-state index in [1.807, 2.05) is 24.3 Å². The van der Waals surface area contributed by atoms with E-state index in [4.69, 9.17) is 10.8 Å². The van der Waals surface area contributed by atoms with E-state index in [2.05, 4.69) is 13.8 Å². The second-order valence-corrected chi connectivity index (χ2v) is 3.15. The molecule has 0 aliphatic carbocycles. The van der Waals surface area contributed by atoms with Crippen molar-refractivity contribution in [2.75, 3.05) is 6.61 Å². The molecule has 0 unspecified atom stereocenters. The normalized spacial score (nSPS) is 9.14. The monoisotopic (exact) mass is 195 g/mol. The molecule has 0 saturated carbocycles. The summed E-state index contributed by atoms with van der Waals surface area (Å²) in [5, 5.41) is 8.70. The van der Waals surface area contributed by atoms with Crippen LogP contribution in [0.2, 0.25) is 0 Å². The Morgan fingerprint density at radius 2 is 1.64 bits per heavy atom. The van der Waals surface area contributed by atoms with Gasteiger partial charge < -0.3 is 10.8 Å². The average molecular weight is 195 g/mol. The van der Waals surface area contributed by atoms with Crippen LogP contribution in [0.5, 0.6) is 0 Å². The number of aliphatic hydroxyl groups is 1. The van der Waals surface area contributed by atoms with Crippen molar-refractivity contribution in [2.45, 2.75) is 33.2 Å². The van der Waals surface area contributed by atoms with E-state index in [0.29, 0.717) is 13.0 Å². The molecule has 2 heteroatoms. The van der Waals surface area contributed by atoms with Gasteiger partial charge in [0.25, 0.3) is 0 Å². The van der Waals surface area contributed by atoms with Crippen LogP contribution in [0, 0.1) is 0 Å². The summed E-state index contributed by atoms with van der Waals surface area (Å²) in [4.78, 5) is 0. The zero-order chi connectivity index (χ0) is 10.8. The summed E-state index contributed by atoms with van der Waals surface area (Å²) < 4.78 is 0. The van der Waals surface area contributed by atoms with E-state index in [9.17, 15) is 0 Å². The summed E-state index contributed by atoms with van der Waals surface area (Å²) in [7, 11) is 0. The van der Waals surface area contributed by atoms with E-state index < -0.39 is 0 Å². The molecule has 0 amide bonds. The van der Waals surface area contributed by atoms with Crippen molar-refractivity contribution in [1.82, 2.24) is 0 Å². The van der Waals surface area contributed by atoms with E-state index in [1.54, 1.807) is 0 Å². The van der Waals surface area contributed by atoms with E-state index >= 15 is 0 Å². The Bertz CT molecular complexity index is 236. The summed E-state index contributed by atoms with van der Waals surface area (Å²) >= 11 is 0. The molecule has 0 aromatic heterocycles. The first-order valence-corrected chi connectivity index (χ1v) is 5.17. The molecule has 0 saturated heterocycles. The lowest BCUT2D eigenvalue weighted by molar-refractivity contribution is 0.299. The van der Waals surface area contributed by atoms with E-state index in [0.717, 1.165) is 11.1 Å². The Morgan fingerprint density at radius 1 is 1.14 bits per heavy atom. The molecule has 1 rings (SSSR count). The molecule has 0 heterocycles. The molecular formula is C12H21NO. The molecule has 0 fully saturated rings. The van der Waals surface area contributed by atoms with Crippen LogP contribution >= 0.6 is 0 Å². The summed E-state index contributed by atoms with van der Waals surface area (Å²) in [6.07, 6.45) is 1.95. The van der Waals surface area contributed by atoms with Crippen LogP contribution in [0.4, 0.5) is 0 Å². The minimum Gasteiger partial charge on any atom is -0.396 e. The fourth-order valence-electron chi connectivity index (χ4n) is 1.12. The predicted octanol–water partition coefficient (Wildman–Crippen LogP) is 2.10. The maximum absolute atomic E-state index is 8.70. The smallest absolute Gasteiger partial charge is 0.0471 e. The van der Waals surface area contributed by atoms with Crippen molar-refractivity contribution in [3.05, 3.63) is 35.4 Å². The number of hydrogen-bond acceptors (Lipinski definition) is 2. The first kappa shape index (κ1) is 13.1. The number of aliphatic hydroxyl groups excluding tert-OH is 1. The predicted molar refractivity (Wildman–Crippen MR) is 61.1 cm³/mol.